The first-order valence-corrected chi connectivity index (χ1v) is 7.44. The molecule has 1 aromatic carbocycles. The summed E-state index contributed by atoms with van der Waals surface area (Å²) in [6, 6.07) is 5.14. The zero-order valence-corrected chi connectivity index (χ0v) is 12.6. The van der Waals surface area contributed by atoms with E-state index in [1.807, 2.05) is 25.1 Å². The first-order chi connectivity index (χ1) is 10.1. The molecular weight excluding hydrogens is 268 g/mol. The molecular formula is C16H22N2O3. The topological polar surface area (TPSA) is 67.4 Å². The van der Waals surface area contributed by atoms with Crippen molar-refractivity contribution in [2.75, 3.05) is 11.9 Å². The molecule has 2 rings (SSSR count). The molecule has 2 amide bonds. The summed E-state index contributed by atoms with van der Waals surface area (Å²) >= 11 is 0. The van der Waals surface area contributed by atoms with Crippen LogP contribution in [0.1, 0.15) is 38.2 Å². The molecule has 0 aromatic heterocycles. The highest BCUT2D eigenvalue weighted by atomic mass is 16.5. The van der Waals surface area contributed by atoms with Gasteiger partial charge in [0.25, 0.3) is 0 Å². The average molecular weight is 290 g/mol. The van der Waals surface area contributed by atoms with Crippen molar-refractivity contribution in [2.45, 2.75) is 45.6 Å². The van der Waals surface area contributed by atoms with Crippen molar-refractivity contribution in [3.05, 3.63) is 23.8 Å². The van der Waals surface area contributed by atoms with Gasteiger partial charge in [0.15, 0.2) is 0 Å². The van der Waals surface area contributed by atoms with E-state index in [1.165, 1.54) is 0 Å². The molecule has 1 fully saturated rings. The van der Waals surface area contributed by atoms with E-state index < -0.39 is 6.04 Å². The van der Waals surface area contributed by atoms with Gasteiger partial charge >= 0.3 is 0 Å². The minimum Gasteiger partial charge on any atom is -0.493 e. The summed E-state index contributed by atoms with van der Waals surface area (Å²) in [4.78, 5) is 23.4. The molecule has 0 saturated carbocycles. The Balaban J connectivity index is 1.97. The Morgan fingerprint density at radius 1 is 1.48 bits per heavy atom. The van der Waals surface area contributed by atoms with Crippen molar-refractivity contribution in [2.24, 2.45) is 0 Å². The third kappa shape index (κ3) is 4.21. The number of rotatable bonds is 5. The minimum absolute atomic E-state index is 0.0547. The highest BCUT2D eigenvalue weighted by Crippen LogP contribution is 2.22. The Bertz CT molecular complexity index is 528. The third-order valence-electron chi connectivity index (χ3n) is 3.45. The van der Waals surface area contributed by atoms with Crippen molar-refractivity contribution in [1.29, 1.82) is 0 Å². The lowest BCUT2D eigenvalue weighted by molar-refractivity contribution is -0.128. The van der Waals surface area contributed by atoms with Crippen LogP contribution in [0.25, 0.3) is 0 Å². The van der Waals surface area contributed by atoms with Crippen molar-refractivity contribution in [3.63, 3.8) is 0 Å². The molecule has 1 heterocycles. The molecule has 5 nitrogen and oxygen atoms in total. The summed E-state index contributed by atoms with van der Waals surface area (Å²) in [5.74, 6) is 0.617. The Morgan fingerprint density at radius 2 is 2.29 bits per heavy atom. The van der Waals surface area contributed by atoms with E-state index in [9.17, 15) is 9.59 Å². The predicted molar refractivity (Wildman–Crippen MR) is 81.4 cm³/mol. The van der Waals surface area contributed by atoms with Gasteiger partial charge in [0.2, 0.25) is 11.8 Å². The molecule has 0 aliphatic carbocycles. The number of piperidine rings is 1. The minimum atomic E-state index is -0.428. The van der Waals surface area contributed by atoms with Crippen LogP contribution in [0.5, 0.6) is 5.75 Å². The number of anilines is 1. The van der Waals surface area contributed by atoms with Gasteiger partial charge in [-0.15, -0.1) is 0 Å². The number of ether oxygens (including phenoxy) is 1. The fraction of sp³-hybridized carbons (Fsp3) is 0.500. The van der Waals surface area contributed by atoms with E-state index in [0.717, 1.165) is 29.8 Å². The van der Waals surface area contributed by atoms with Gasteiger partial charge in [-0.25, -0.2) is 0 Å². The molecule has 2 N–H and O–H groups in total. The number of carbonyl (C=O) groups is 2. The normalized spacial score (nSPS) is 18.0. The molecule has 114 valence electrons. The molecule has 1 aromatic rings. The predicted octanol–water partition coefficient (Wildman–Crippen LogP) is 2.39. The second kappa shape index (κ2) is 7.11. The lowest BCUT2D eigenvalue weighted by Crippen LogP contribution is -2.46. The molecule has 0 bridgehead atoms. The summed E-state index contributed by atoms with van der Waals surface area (Å²) < 4.78 is 5.61. The van der Waals surface area contributed by atoms with Gasteiger partial charge in [0.1, 0.15) is 11.8 Å². The Kier molecular flexibility index (Phi) is 5.20. The Morgan fingerprint density at radius 3 is 2.95 bits per heavy atom. The smallest absolute Gasteiger partial charge is 0.246 e. The zero-order valence-electron chi connectivity index (χ0n) is 12.6. The first-order valence-electron chi connectivity index (χ1n) is 7.44. The summed E-state index contributed by atoms with van der Waals surface area (Å²) in [7, 11) is 0. The monoisotopic (exact) mass is 290 g/mol. The van der Waals surface area contributed by atoms with Crippen LogP contribution in [0.15, 0.2) is 18.2 Å². The largest absolute Gasteiger partial charge is 0.493 e. The van der Waals surface area contributed by atoms with E-state index in [0.29, 0.717) is 19.4 Å². The van der Waals surface area contributed by atoms with Gasteiger partial charge in [-0.3, -0.25) is 9.59 Å². The van der Waals surface area contributed by atoms with Gasteiger partial charge in [0, 0.05) is 12.1 Å². The summed E-state index contributed by atoms with van der Waals surface area (Å²) in [5.41, 5.74) is 1.70. The maximum absolute atomic E-state index is 12.1. The van der Waals surface area contributed by atoms with E-state index in [1.54, 1.807) is 0 Å². The summed E-state index contributed by atoms with van der Waals surface area (Å²) in [6.07, 6.45) is 2.91. The van der Waals surface area contributed by atoms with E-state index in [-0.39, 0.29) is 11.8 Å². The summed E-state index contributed by atoms with van der Waals surface area (Å²) in [5, 5.41) is 5.56. The Hall–Kier alpha value is -2.04. The van der Waals surface area contributed by atoms with Crippen molar-refractivity contribution >= 4 is 17.5 Å². The van der Waals surface area contributed by atoms with Gasteiger partial charge in [-0.2, -0.15) is 0 Å². The first kappa shape index (κ1) is 15.4. The highest BCUT2D eigenvalue weighted by Gasteiger charge is 2.24. The molecule has 0 radical (unpaired) electrons. The average Bonchev–Trinajstić information content (AvgIpc) is 2.46. The molecule has 1 aliphatic heterocycles. The number of nitrogens with one attached hydrogen (secondary N) is 2. The van der Waals surface area contributed by atoms with Gasteiger partial charge in [-0.05, 0) is 49.9 Å². The van der Waals surface area contributed by atoms with Crippen LogP contribution in [-0.2, 0) is 9.59 Å². The molecule has 5 heteroatoms. The van der Waals surface area contributed by atoms with Crippen LogP contribution in [0.2, 0.25) is 0 Å². The molecule has 21 heavy (non-hydrogen) atoms. The van der Waals surface area contributed by atoms with Crippen LogP contribution in [0.4, 0.5) is 5.69 Å². The quantitative estimate of drug-likeness (QED) is 0.875. The second-order valence-corrected chi connectivity index (χ2v) is 5.33. The van der Waals surface area contributed by atoms with Gasteiger partial charge in [0.05, 0.1) is 6.61 Å². The van der Waals surface area contributed by atoms with Crippen molar-refractivity contribution < 1.29 is 14.3 Å². The third-order valence-corrected chi connectivity index (χ3v) is 3.45. The van der Waals surface area contributed by atoms with Crippen LogP contribution in [0, 0.1) is 6.92 Å². The van der Waals surface area contributed by atoms with E-state index in [2.05, 4.69) is 17.6 Å². The van der Waals surface area contributed by atoms with Crippen LogP contribution in [0.3, 0.4) is 0 Å². The SMILES string of the molecule is CCCOc1ccc(NC(=O)[C@H]2CCCC(=O)N2)cc1C. The lowest BCUT2D eigenvalue weighted by atomic mass is 10.0. The number of aryl methyl sites for hydroxylation is 1. The molecule has 1 saturated heterocycles. The van der Waals surface area contributed by atoms with Gasteiger partial charge in [-0.1, -0.05) is 6.92 Å². The maximum Gasteiger partial charge on any atom is 0.246 e. The molecule has 0 spiro atoms. The number of hydrogen-bond donors (Lipinski definition) is 2. The summed E-state index contributed by atoms with van der Waals surface area (Å²) in [6.45, 7) is 4.69. The van der Waals surface area contributed by atoms with E-state index >= 15 is 0 Å². The van der Waals surface area contributed by atoms with Crippen LogP contribution < -0.4 is 15.4 Å². The van der Waals surface area contributed by atoms with Crippen molar-refractivity contribution in [3.8, 4) is 5.75 Å². The Labute approximate surface area is 125 Å². The molecule has 1 aliphatic rings. The van der Waals surface area contributed by atoms with Crippen molar-refractivity contribution in [1.82, 2.24) is 5.32 Å². The molecule has 0 unspecified atom stereocenters. The van der Waals surface area contributed by atoms with Crippen LogP contribution in [-0.4, -0.2) is 24.5 Å². The second-order valence-electron chi connectivity index (χ2n) is 5.33. The van der Waals surface area contributed by atoms with E-state index in [4.69, 9.17) is 4.74 Å². The highest BCUT2D eigenvalue weighted by molar-refractivity contribution is 5.97. The number of benzene rings is 1. The maximum atomic E-state index is 12.1. The number of hydrogen-bond acceptors (Lipinski definition) is 3. The lowest BCUT2D eigenvalue weighted by Gasteiger charge is -2.22. The fourth-order valence-electron chi connectivity index (χ4n) is 2.33. The zero-order chi connectivity index (χ0) is 15.2. The number of amides is 2. The van der Waals surface area contributed by atoms with Crippen LogP contribution >= 0.6 is 0 Å². The standard InChI is InChI=1S/C16H22N2O3/c1-3-9-21-14-8-7-12(10-11(14)2)17-16(20)13-5-4-6-15(19)18-13/h7-8,10,13H,3-6,9H2,1-2H3,(H,17,20)(H,18,19)/t13-/m1/s1. The molecule has 1 atom stereocenters. The van der Waals surface area contributed by atoms with Gasteiger partial charge < -0.3 is 15.4 Å². The fourth-order valence-corrected chi connectivity index (χ4v) is 2.33. The number of carbonyl (C=O) groups excluding carboxylic acids is 2.